The van der Waals surface area contributed by atoms with Gasteiger partial charge in [-0.3, -0.25) is 24.0 Å². The first-order chi connectivity index (χ1) is 16.3. The van der Waals surface area contributed by atoms with Gasteiger partial charge in [-0.25, -0.2) is 9.78 Å². The van der Waals surface area contributed by atoms with Crippen molar-refractivity contribution in [3.63, 3.8) is 0 Å². The first-order valence-corrected chi connectivity index (χ1v) is 10.7. The quantitative estimate of drug-likeness (QED) is 0.123. The summed E-state index contributed by atoms with van der Waals surface area (Å²) in [4.78, 5) is 78.3. The van der Waals surface area contributed by atoms with Gasteiger partial charge >= 0.3 is 11.9 Å². The minimum absolute atomic E-state index is 0.0905. The molecule has 15 heteroatoms. The minimum Gasteiger partial charge on any atom is -0.481 e. The van der Waals surface area contributed by atoms with E-state index >= 15 is 0 Å². The lowest BCUT2D eigenvalue weighted by Gasteiger charge is -2.24. The standard InChI is InChI=1S/C20H31N7O8/c1-9(2)3-11(21)17(31)25-12(4-10-7-23-8-24-10)18(32)26-13(6-16(29)30)19(33)27-14(20(34)35)5-15(22)28/h7-9,11-14H,3-6,21H2,1-2H3,(H2,22,28)(H,23,24)(H,25,31)(H,26,32)(H,27,33)(H,29,30)(H,34,35). The van der Waals surface area contributed by atoms with Crippen LogP contribution in [0.15, 0.2) is 12.5 Å². The van der Waals surface area contributed by atoms with Crippen molar-refractivity contribution in [2.45, 2.75) is 63.7 Å². The van der Waals surface area contributed by atoms with Gasteiger partial charge in [0.05, 0.1) is 25.2 Å². The Morgan fingerprint density at radius 1 is 0.943 bits per heavy atom. The summed E-state index contributed by atoms with van der Waals surface area (Å²) in [5.74, 6) is -6.70. The number of rotatable bonds is 15. The number of carboxylic acid groups (broad SMARTS) is 2. The van der Waals surface area contributed by atoms with Gasteiger partial charge in [-0.05, 0) is 12.3 Å². The Kier molecular flexibility index (Phi) is 11.3. The van der Waals surface area contributed by atoms with E-state index in [1.54, 1.807) is 0 Å². The summed E-state index contributed by atoms with van der Waals surface area (Å²) < 4.78 is 0. The van der Waals surface area contributed by atoms with E-state index in [0.29, 0.717) is 12.1 Å². The summed E-state index contributed by atoms with van der Waals surface area (Å²) in [7, 11) is 0. The summed E-state index contributed by atoms with van der Waals surface area (Å²) in [6.07, 6.45) is 1.35. The molecule has 0 radical (unpaired) electrons. The van der Waals surface area contributed by atoms with E-state index < -0.39 is 72.6 Å². The average Bonchev–Trinajstić information content (AvgIpc) is 3.24. The van der Waals surface area contributed by atoms with Crippen LogP contribution in [0.1, 0.15) is 38.8 Å². The van der Waals surface area contributed by atoms with Crippen LogP contribution in [0, 0.1) is 5.92 Å². The zero-order valence-corrected chi connectivity index (χ0v) is 19.3. The van der Waals surface area contributed by atoms with Gasteiger partial charge in [-0.2, -0.15) is 0 Å². The fourth-order valence-electron chi connectivity index (χ4n) is 3.05. The molecular formula is C20H31N7O8. The Bertz CT molecular complexity index is 919. The number of imidazole rings is 1. The maximum absolute atomic E-state index is 13.0. The number of nitrogens with zero attached hydrogens (tertiary/aromatic N) is 1. The summed E-state index contributed by atoms with van der Waals surface area (Å²) in [6.45, 7) is 3.72. The Morgan fingerprint density at radius 2 is 1.51 bits per heavy atom. The maximum Gasteiger partial charge on any atom is 0.326 e. The summed E-state index contributed by atoms with van der Waals surface area (Å²) in [5, 5.41) is 25.0. The van der Waals surface area contributed by atoms with E-state index in [1.807, 2.05) is 19.2 Å². The predicted octanol–water partition coefficient (Wildman–Crippen LogP) is -2.79. The number of carbonyl (C=O) groups excluding carboxylic acids is 4. The molecule has 194 valence electrons. The van der Waals surface area contributed by atoms with Crippen LogP contribution in [0.4, 0.5) is 0 Å². The lowest BCUT2D eigenvalue weighted by Crippen LogP contribution is -2.58. The van der Waals surface area contributed by atoms with E-state index in [1.165, 1.54) is 12.5 Å². The molecule has 0 aliphatic heterocycles. The second-order valence-electron chi connectivity index (χ2n) is 8.31. The number of carbonyl (C=O) groups is 6. The molecule has 35 heavy (non-hydrogen) atoms. The molecule has 0 bridgehead atoms. The van der Waals surface area contributed by atoms with Crippen LogP contribution in [0.25, 0.3) is 0 Å². The Hall–Kier alpha value is -4.01. The molecule has 0 aliphatic carbocycles. The molecule has 0 aromatic carbocycles. The molecule has 1 aromatic rings. The topological polar surface area (TPSA) is 260 Å². The summed E-state index contributed by atoms with van der Waals surface area (Å²) >= 11 is 0. The van der Waals surface area contributed by atoms with Crippen LogP contribution < -0.4 is 27.4 Å². The van der Waals surface area contributed by atoms with Gasteiger partial charge in [-0.1, -0.05) is 13.8 Å². The van der Waals surface area contributed by atoms with Crippen molar-refractivity contribution in [2.24, 2.45) is 17.4 Å². The second kappa shape index (κ2) is 13.6. The third kappa shape index (κ3) is 10.6. The number of primary amides is 1. The van der Waals surface area contributed by atoms with Crippen molar-refractivity contribution >= 4 is 35.6 Å². The monoisotopic (exact) mass is 497 g/mol. The molecule has 0 saturated carbocycles. The molecule has 0 fully saturated rings. The average molecular weight is 498 g/mol. The van der Waals surface area contributed by atoms with Gasteiger partial charge in [0.15, 0.2) is 0 Å². The first-order valence-electron chi connectivity index (χ1n) is 10.7. The third-order valence-electron chi connectivity index (χ3n) is 4.71. The fraction of sp³-hybridized carbons (Fsp3) is 0.550. The lowest BCUT2D eigenvalue weighted by molar-refractivity contribution is -0.144. The molecule has 0 spiro atoms. The highest BCUT2D eigenvalue weighted by Gasteiger charge is 2.32. The van der Waals surface area contributed by atoms with Crippen molar-refractivity contribution in [3.05, 3.63) is 18.2 Å². The van der Waals surface area contributed by atoms with Gasteiger partial charge in [0.2, 0.25) is 23.6 Å². The van der Waals surface area contributed by atoms with E-state index in [4.69, 9.17) is 21.7 Å². The number of aromatic nitrogens is 2. The number of H-pyrrole nitrogens is 1. The third-order valence-corrected chi connectivity index (χ3v) is 4.71. The second-order valence-corrected chi connectivity index (χ2v) is 8.31. The molecule has 1 rings (SSSR count). The number of carboxylic acids is 2. The molecule has 0 aliphatic rings. The fourth-order valence-corrected chi connectivity index (χ4v) is 3.05. The number of hydrogen-bond donors (Lipinski definition) is 8. The number of aromatic amines is 1. The number of nitrogens with two attached hydrogens (primary N) is 2. The Labute approximate surface area is 200 Å². The summed E-state index contributed by atoms with van der Waals surface area (Å²) in [5.41, 5.74) is 11.3. The maximum atomic E-state index is 13.0. The lowest BCUT2D eigenvalue weighted by atomic mass is 10.0. The van der Waals surface area contributed by atoms with Gasteiger partial charge in [-0.15, -0.1) is 0 Å². The molecule has 4 atom stereocenters. The highest BCUT2D eigenvalue weighted by Crippen LogP contribution is 2.06. The molecular weight excluding hydrogens is 466 g/mol. The van der Waals surface area contributed by atoms with Crippen molar-refractivity contribution in [3.8, 4) is 0 Å². The normalized spacial score (nSPS) is 14.3. The number of hydrogen-bond acceptors (Lipinski definition) is 8. The number of nitrogens with one attached hydrogen (secondary N) is 4. The van der Waals surface area contributed by atoms with E-state index in [9.17, 15) is 28.8 Å². The van der Waals surface area contributed by atoms with Crippen LogP contribution >= 0.6 is 0 Å². The van der Waals surface area contributed by atoms with Gasteiger partial charge in [0.1, 0.15) is 18.1 Å². The molecule has 1 aromatic heterocycles. The Balaban J connectivity index is 3.07. The van der Waals surface area contributed by atoms with Crippen molar-refractivity contribution < 1.29 is 39.0 Å². The minimum atomic E-state index is -1.73. The van der Waals surface area contributed by atoms with E-state index in [2.05, 4.69) is 20.6 Å². The molecule has 0 saturated heterocycles. The van der Waals surface area contributed by atoms with Crippen LogP contribution in [0.5, 0.6) is 0 Å². The SMILES string of the molecule is CC(C)CC(N)C(=O)NC(Cc1cnc[nH]1)C(=O)NC(CC(=O)O)C(=O)NC(CC(N)=O)C(=O)O. The predicted molar refractivity (Wildman–Crippen MR) is 119 cm³/mol. The zero-order valence-electron chi connectivity index (χ0n) is 19.3. The van der Waals surface area contributed by atoms with E-state index in [-0.39, 0.29) is 12.3 Å². The zero-order chi connectivity index (χ0) is 26.7. The van der Waals surface area contributed by atoms with Crippen molar-refractivity contribution in [1.29, 1.82) is 0 Å². The highest BCUT2D eigenvalue weighted by atomic mass is 16.4. The largest absolute Gasteiger partial charge is 0.481 e. The molecule has 1 heterocycles. The summed E-state index contributed by atoms with van der Waals surface area (Å²) in [6, 6.07) is -5.65. The molecule has 4 amide bonds. The first kappa shape index (κ1) is 29.0. The van der Waals surface area contributed by atoms with Crippen LogP contribution in [0.2, 0.25) is 0 Å². The number of amides is 4. The van der Waals surface area contributed by atoms with Crippen LogP contribution in [0.3, 0.4) is 0 Å². The molecule has 10 N–H and O–H groups in total. The van der Waals surface area contributed by atoms with E-state index in [0.717, 1.165) is 0 Å². The van der Waals surface area contributed by atoms with Gasteiger partial charge < -0.3 is 42.6 Å². The van der Waals surface area contributed by atoms with Crippen molar-refractivity contribution in [2.75, 3.05) is 0 Å². The van der Waals surface area contributed by atoms with Gasteiger partial charge in [0.25, 0.3) is 0 Å². The van der Waals surface area contributed by atoms with Gasteiger partial charge in [0, 0.05) is 18.3 Å². The van der Waals surface area contributed by atoms with Crippen LogP contribution in [-0.2, 0) is 35.2 Å². The molecule has 15 nitrogen and oxygen atoms in total. The smallest absolute Gasteiger partial charge is 0.326 e. The highest BCUT2D eigenvalue weighted by molar-refractivity contribution is 5.96. The Morgan fingerprint density at radius 3 is 2.00 bits per heavy atom. The molecule has 4 unspecified atom stereocenters. The van der Waals surface area contributed by atoms with Crippen LogP contribution in [-0.4, -0.2) is 79.9 Å². The van der Waals surface area contributed by atoms with Crippen molar-refractivity contribution in [1.82, 2.24) is 25.9 Å². The number of aliphatic carboxylic acids is 2.